The fourth-order valence-corrected chi connectivity index (χ4v) is 5.71. The second-order valence-corrected chi connectivity index (χ2v) is 11.8. The molecule has 3 N–H and O–H groups in total. The smallest absolute Gasteiger partial charge is 0.272 e. The molecule has 0 aliphatic carbocycles. The van der Waals surface area contributed by atoms with Gasteiger partial charge in [-0.2, -0.15) is 0 Å². The lowest BCUT2D eigenvalue weighted by Crippen LogP contribution is -2.30. The Kier molecular flexibility index (Phi) is 12.1. The van der Waals surface area contributed by atoms with E-state index in [1.165, 1.54) is 39.2 Å². The van der Waals surface area contributed by atoms with Gasteiger partial charge >= 0.3 is 0 Å². The van der Waals surface area contributed by atoms with Gasteiger partial charge in [0.05, 0.1) is 26.6 Å². The molecule has 1 unspecified atom stereocenters. The molecule has 244 valence electrons. The van der Waals surface area contributed by atoms with Crippen molar-refractivity contribution in [3.05, 3.63) is 113 Å². The van der Waals surface area contributed by atoms with Gasteiger partial charge in [0.2, 0.25) is 5.91 Å². The Morgan fingerprint density at radius 2 is 1.47 bits per heavy atom. The molecule has 47 heavy (non-hydrogen) atoms. The van der Waals surface area contributed by atoms with Gasteiger partial charge in [-0.25, -0.2) is 0 Å². The van der Waals surface area contributed by atoms with E-state index in [1.807, 2.05) is 45.0 Å². The largest absolute Gasteiger partial charge is 0.496 e. The molecule has 0 aliphatic rings. The van der Waals surface area contributed by atoms with Gasteiger partial charge in [0, 0.05) is 33.5 Å². The van der Waals surface area contributed by atoms with Crippen molar-refractivity contribution >= 4 is 46.9 Å². The summed E-state index contributed by atoms with van der Waals surface area (Å²) in [6.07, 6.45) is 2.11. The van der Waals surface area contributed by atoms with Crippen LogP contribution in [0.2, 0.25) is 0 Å². The summed E-state index contributed by atoms with van der Waals surface area (Å²) in [4.78, 5) is 40.9. The zero-order valence-electron chi connectivity index (χ0n) is 27.3. The molecular formula is C37H39N3O6S. The van der Waals surface area contributed by atoms with Gasteiger partial charge in [-0.15, -0.1) is 11.8 Å². The first-order valence-electron chi connectivity index (χ1n) is 15.0. The minimum Gasteiger partial charge on any atom is -0.496 e. The van der Waals surface area contributed by atoms with Crippen molar-refractivity contribution in [3.63, 3.8) is 0 Å². The maximum atomic E-state index is 13.8. The van der Waals surface area contributed by atoms with Crippen LogP contribution in [0.25, 0.3) is 6.08 Å². The molecule has 4 rings (SSSR count). The van der Waals surface area contributed by atoms with E-state index in [1.54, 1.807) is 60.7 Å². The number of nitrogens with one attached hydrogen (secondary N) is 3. The number of carbonyl (C=O) groups excluding carboxylic acids is 3. The van der Waals surface area contributed by atoms with Gasteiger partial charge in [-0.1, -0.05) is 43.3 Å². The molecule has 1 atom stereocenters. The number of carbonyl (C=O) groups is 3. The van der Waals surface area contributed by atoms with Crippen molar-refractivity contribution in [2.45, 2.75) is 37.3 Å². The Morgan fingerprint density at radius 1 is 0.787 bits per heavy atom. The summed E-state index contributed by atoms with van der Waals surface area (Å²) in [7, 11) is 4.51. The molecule has 9 nitrogen and oxygen atoms in total. The third kappa shape index (κ3) is 8.95. The number of amides is 3. The highest BCUT2D eigenvalue weighted by Crippen LogP contribution is 2.36. The summed E-state index contributed by atoms with van der Waals surface area (Å²) < 4.78 is 16.4. The number of hydrogen-bond donors (Lipinski definition) is 3. The molecular weight excluding hydrogens is 614 g/mol. The number of benzene rings is 4. The van der Waals surface area contributed by atoms with Crippen LogP contribution in [0.5, 0.6) is 17.2 Å². The lowest BCUT2D eigenvalue weighted by Gasteiger charge is -2.17. The Balaban J connectivity index is 1.59. The molecule has 4 aromatic carbocycles. The van der Waals surface area contributed by atoms with E-state index in [-0.39, 0.29) is 16.9 Å². The van der Waals surface area contributed by atoms with Crippen LogP contribution in [-0.4, -0.2) is 44.3 Å². The number of anilines is 2. The van der Waals surface area contributed by atoms with Crippen LogP contribution in [-0.2, 0) is 9.59 Å². The molecule has 0 aromatic heterocycles. The fourth-order valence-electron chi connectivity index (χ4n) is 4.70. The number of thioether (sulfide) groups is 1. The average molecular weight is 654 g/mol. The van der Waals surface area contributed by atoms with Crippen LogP contribution in [0.1, 0.15) is 40.4 Å². The number of rotatable bonds is 13. The van der Waals surface area contributed by atoms with Crippen molar-refractivity contribution in [2.24, 2.45) is 0 Å². The van der Waals surface area contributed by atoms with E-state index < -0.39 is 11.8 Å². The van der Waals surface area contributed by atoms with Crippen LogP contribution in [0.3, 0.4) is 0 Å². The van der Waals surface area contributed by atoms with E-state index in [9.17, 15) is 14.4 Å². The summed E-state index contributed by atoms with van der Waals surface area (Å²) >= 11 is 1.41. The first kappa shape index (κ1) is 34.6. The molecule has 4 aromatic rings. The zero-order chi connectivity index (χ0) is 33.9. The quantitative estimate of drug-likeness (QED) is 0.103. The average Bonchev–Trinajstić information content (AvgIpc) is 3.09. The number of hydrogen-bond acceptors (Lipinski definition) is 7. The highest BCUT2D eigenvalue weighted by atomic mass is 32.2. The normalized spacial score (nSPS) is 11.7. The summed E-state index contributed by atoms with van der Waals surface area (Å²) in [6, 6.07) is 24.9. The Morgan fingerprint density at radius 3 is 2.15 bits per heavy atom. The fraction of sp³-hybridized carbons (Fsp3) is 0.216. The highest BCUT2D eigenvalue weighted by Gasteiger charge is 2.21. The van der Waals surface area contributed by atoms with Crippen LogP contribution in [0, 0.1) is 13.8 Å². The summed E-state index contributed by atoms with van der Waals surface area (Å²) in [5.41, 5.74) is 4.25. The van der Waals surface area contributed by atoms with Crippen molar-refractivity contribution in [1.82, 2.24) is 5.32 Å². The number of ether oxygens (including phenoxy) is 3. The van der Waals surface area contributed by atoms with Crippen molar-refractivity contribution in [1.29, 1.82) is 0 Å². The molecule has 0 fully saturated rings. The molecule has 0 saturated heterocycles. The van der Waals surface area contributed by atoms with Gasteiger partial charge < -0.3 is 30.2 Å². The van der Waals surface area contributed by atoms with Crippen LogP contribution in [0.4, 0.5) is 11.4 Å². The van der Waals surface area contributed by atoms with Crippen molar-refractivity contribution < 1.29 is 28.6 Å². The van der Waals surface area contributed by atoms with Crippen LogP contribution >= 0.6 is 11.8 Å². The van der Waals surface area contributed by atoms with E-state index in [0.717, 1.165) is 21.7 Å². The van der Waals surface area contributed by atoms with Crippen molar-refractivity contribution in [3.8, 4) is 17.2 Å². The van der Waals surface area contributed by atoms with E-state index >= 15 is 0 Å². The van der Waals surface area contributed by atoms with Crippen molar-refractivity contribution in [2.75, 3.05) is 32.0 Å². The SMILES string of the molecule is CCC(Sc1cccc(NC(=O)/C(=C\c2cc(OC)c(OC)cc2OC)NC(=O)c2ccccc2)c1)C(=O)Nc1cccc(C)c1C. The first-order chi connectivity index (χ1) is 22.7. The lowest BCUT2D eigenvalue weighted by molar-refractivity contribution is -0.116. The van der Waals surface area contributed by atoms with Gasteiger partial charge in [-0.05, 0) is 79.9 Å². The number of aryl methyl sites for hydroxylation is 1. The molecule has 3 amide bonds. The minimum absolute atomic E-state index is 0.0261. The van der Waals surface area contributed by atoms with E-state index in [0.29, 0.717) is 40.5 Å². The second kappa shape index (κ2) is 16.4. The van der Waals surface area contributed by atoms with Crippen LogP contribution < -0.4 is 30.2 Å². The Labute approximate surface area is 279 Å². The molecule has 10 heteroatoms. The summed E-state index contributed by atoms with van der Waals surface area (Å²) in [5, 5.41) is 8.33. The molecule has 0 heterocycles. The van der Waals surface area contributed by atoms with E-state index in [2.05, 4.69) is 16.0 Å². The summed E-state index contributed by atoms with van der Waals surface area (Å²) in [5.74, 6) is 0.154. The minimum atomic E-state index is -0.562. The lowest BCUT2D eigenvalue weighted by atomic mass is 10.1. The van der Waals surface area contributed by atoms with Gasteiger partial charge in [0.25, 0.3) is 11.8 Å². The molecule has 0 aliphatic heterocycles. The topological polar surface area (TPSA) is 115 Å². The first-order valence-corrected chi connectivity index (χ1v) is 15.9. The standard InChI is InChI=1S/C37H39N3O6S/c1-7-34(37(43)39-29-18-11-13-23(2)24(29)3)47-28-17-12-16-27(21-28)38-36(42)30(40-35(41)25-14-9-8-10-15-25)19-26-20-32(45-5)33(46-6)22-31(26)44-4/h8-22,34H,7H2,1-6H3,(H,38,42)(H,39,43)(H,40,41)/b30-19+. The predicted octanol–water partition coefficient (Wildman–Crippen LogP) is 7.25. The van der Waals surface area contributed by atoms with Crippen LogP contribution in [0.15, 0.2) is 95.5 Å². The maximum absolute atomic E-state index is 13.8. The highest BCUT2D eigenvalue weighted by molar-refractivity contribution is 8.00. The monoisotopic (exact) mass is 653 g/mol. The zero-order valence-corrected chi connectivity index (χ0v) is 28.1. The van der Waals surface area contributed by atoms with Gasteiger partial charge in [0.1, 0.15) is 11.4 Å². The second-order valence-electron chi connectivity index (χ2n) is 10.6. The Bertz CT molecular complexity index is 1770. The third-order valence-electron chi connectivity index (χ3n) is 7.46. The molecule has 0 bridgehead atoms. The number of methoxy groups -OCH3 is 3. The van der Waals surface area contributed by atoms with Gasteiger partial charge in [0.15, 0.2) is 11.5 Å². The molecule has 0 saturated carbocycles. The Hall–Kier alpha value is -5.22. The predicted molar refractivity (Wildman–Crippen MR) is 188 cm³/mol. The maximum Gasteiger partial charge on any atom is 0.272 e. The molecule has 0 spiro atoms. The summed E-state index contributed by atoms with van der Waals surface area (Å²) in [6.45, 7) is 5.95. The van der Waals surface area contributed by atoms with Gasteiger partial charge in [-0.3, -0.25) is 14.4 Å². The molecule has 0 radical (unpaired) electrons. The van der Waals surface area contributed by atoms with E-state index in [4.69, 9.17) is 14.2 Å². The third-order valence-corrected chi connectivity index (χ3v) is 8.82.